The van der Waals surface area contributed by atoms with Gasteiger partial charge in [-0.1, -0.05) is 11.8 Å². The van der Waals surface area contributed by atoms with Crippen LogP contribution in [0.2, 0.25) is 0 Å². The number of nitrogens with one attached hydrogen (secondary N) is 1. The summed E-state index contributed by atoms with van der Waals surface area (Å²) in [7, 11) is 1.64. The van der Waals surface area contributed by atoms with Crippen LogP contribution in [-0.4, -0.2) is 57.9 Å². The highest BCUT2D eigenvalue weighted by Crippen LogP contribution is 2.43. The number of hydrogen-bond acceptors (Lipinski definition) is 6. The molecule has 2 rings (SSSR count). The molecule has 0 saturated carbocycles. The molecule has 0 aromatic heterocycles. The summed E-state index contributed by atoms with van der Waals surface area (Å²) >= 11 is 1.15. The zero-order chi connectivity index (χ0) is 14.4. The highest BCUT2D eigenvalue weighted by atomic mass is 32.2. The Hall–Kier alpha value is -0.510. The minimum atomic E-state index is -4.87. The van der Waals surface area contributed by atoms with Crippen molar-refractivity contribution in [3.63, 3.8) is 0 Å². The molecular weight excluding hydrogens is 285 g/mol. The van der Waals surface area contributed by atoms with Crippen molar-refractivity contribution in [2.24, 2.45) is 4.99 Å². The smallest absolute Gasteiger partial charge is 0.390 e. The maximum absolute atomic E-state index is 12.8. The van der Waals surface area contributed by atoms with Gasteiger partial charge in [0.25, 0.3) is 0 Å². The van der Waals surface area contributed by atoms with Gasteiger partial charge in [0.15, 0.2) is 10.8 Å². The molecule has 3 N–H and O–H groups in total. The molecule has 2 aliphatic rings. The van der Waals surface area contributed by atoms with Crippen LogP contribution in [0.1, 0.15) is 13.3 Å². The number of nitrogens with zero attached hydrogens (tertiary/aromatic N) is 1. The highest BCUT2D eigenvalue weighted by Gasteiger charge is 2.60. The van der Waals surface area contributed by atoms with Crippen molar-refractivity contribution >= 4 is 16.9 Å². The van der Waals surface area contributed by atoms with E-state index >= 15 is 0 Å². The van der Waals surface area contributed by atoms with Crippen LogP contribution in [0.4, 0.5) is 13.2 Å². The topological polar surface area (TPSA) is 74.1 Å². The average molecular weight is 300 g/mol. The molecule has 5 atom stereocenters. The molecule has 19 heavy (non-hydrogen) atoms. The Kier molecular flexibility index (Phi) is 3.76. The number of alkyl halides is 3. The third-order valence-corrected chi connectivity index (χ3v) is 4.47. The maximum Gasteiger partial charge on any atom is 0.419 e. The molecule has 0 bridgehead atoms. The third kappa shape index (κ3) is 2.56. The fourth-order valence-electron chi connectivity index (χ4n) is 2.11. The van der Waals surface area contributed by atoms with E-state index in [0.29, 0.717) is 12.1 Å². The van der Waals surface area contributed by atoms with Gasteiger partial charge in [-0.2, -0.15) is 13.2 Å². The van der Waals surface area contributed by atoms with Crippen molar-refractivity contribution in [3.8, 4) is 0 Å². The van der Waals surface area contributed by atoms with E-state index in [9.17, 15) is 23.4 Å². The number of fused-ring (bicyclic) bond motifs is 1. The van der Waals surface area contributed by atoms with Crippen LogP contribution in [0.15, 0.2) is 4.99 Å². The fourth-order valence-corrected chi connectivity index (χ4v) is 3.15. The van der Waals surface area contributed by atoms with Crippen molar-refractivity contribution in [2.75, 3.05) is 7.05 Å². The monoisotopic (exact) mass is 300 g/mol. The van der Waals surface area contributed by atoms with Gasteiger partial charge in [0.2, 0.25) is 0 Å². The first kappa shape index (κ1) is 14.9. The third-order valence-electron chi connectivity index (χ3n) is 3.28. The molecule has 1 fully saturated rings. The summed E-state index contributed by atoms with van der Waals surface area (Å²) in [4.78, 5) is 4.18. The van der Waals surface area contributed by atoms with Gasteiger partial charge in [0, 0.05) is 13.5 Å². The number of thioether (sulfide) groups is 1. The number of ether oxygens (including phenoxy) is 1. The Bertz CT molecular complexity index is 389. The van der Waals surface area contributed by atoms with E-state index < -0.39 is 35.5 Å². The van der Waals surface area contributed by atoms with Crippen LogP contribution >= 0.6 is 11.8 Å². The summed E-state index contributed by atoms with van der Waals surface area (Å²) in [6.07, 6.45) is -7.98. The fraction of sp³-hybridized carbons (Fsp3) is 0.900. The molecule has 2 heterocycles. The maximum atomic E-state index is 12.8. The van der Waals surface area contributed by atoms with Gasteiger partial charge in [-0.05, 0) is 6.92 Å². The predicted octanol–water partition coefficient (Wildman–Crippen LogP) is 0.466. The highest BCUT2D eigenvalue weighted by molar-refractivity contribution is 8.14. The summed E-state index contributed by atoms with van der Waals surface area (Å²) < 4.78 is 43.6. The second-order valence-corrected chi connectivity index (χ2v) is 5.83. The molecule has 0 aliphatic carbocycles. The number of aliphatic hydroxyl groups excluding tert-OH is 1. The van der Waals surface area contributed by atoms with Gasteiger partial charge in [0.05, 0.1) is 12.1 Å². The Balaban J connectivity index is 2.15. The zero-order valence-electron chi connectivity index (χ0n) is 10.3. The number of halogens is 3. The number of aliphatic imine (C=N–C) groups is 1. The number of aliphatic hydroxyl groups is 2. The van der Waals surface area contributed by atoms with Crippen molar-refractivity contribution in [2.45, 2.75) is 48.8 Å². The van der Waals surface area contributed by atoms with Gasteiger partial charge in [-0.3, -0.25) is 4.99 Å². The van der Waals surface area contributed by atoms with Gasteiger partial charge in [-0.25, -0.2) is 0 Å². The van der Waals surface area contributed by atoms with E-state index in [1.165, 1.54) is 0 Å². The molecule has 1 saturated heterocycles. The van der Waals surface area contributed by atoms with E-state index in [0.717, 1.165) is 11.8 Å². The second kappa shape index (κ2) is 4.80. The van der Waals surface area contributed by atoms with E-state index in [2.05, 4.69) is 10.3 Å². The van der Waals surface area contributed by atoms with Gasteiger partial charge in [0.1, 0.15) is 11.5 Å². The zero-order valence-corrected chi connectivity index (χ0v) is 11.1. The molecule has 110 valence electrons. The summed E-state index contributed by atoms with van der Waals surface area (Å²) in [5, 5.41) is 22.7. The van der Waals surface area contributed by atoms with Crippen LogP contribution in [0.25, 0.3) is 0 Å². The lowest BCUT2D eigenvalue weighted by molar-refractivity contribution is -0.309. The molecule has 2 aliphatic heterocycles. The number of hydrogen-bond donors (Lipinski definition) is 3. The summed E-state index contributed by atoms with van der Waals surface area (Å²) in [6.45, 7) is 0.612. The minimum Gasteiger partial charge on any atom is -0.390 e. The van der Waals surface area contributed by atoms with Gasteiger partial charge >= 0.3 is 6.18 Å². The Morgan fingerprint density at radius 1 is 1.47 bits per heavy atom. The molecule has 5 nitrogen and oxygen atoms in total. The summed E-state index contributed by atoms with van der Waals surface area (Å²) in [5.41, 5.74) is -3.72. The Morgan fingerprint density at radius 2 is 2.11 bits per heavy atom. The quantitative estimate of drug-likeness (QED) is 0.656. The normalized spacial score (nSPS) is 38.4. The molecular formula is C10H15F3N2O3S. The summed E-state index contributed by atoms with van der Waals surface area (Å²) in [5.74, 6) is 0. The van der Waals surface area contributed by atoms with Crippen LogP contribution < -0.4 is 5.32 Å². The van der Waals surface area contributed by atoms with Crippen molar-refractivity contribution in [1.82, 2.24) is 5.32 Å². The first-order valence-corrected chi connectivity index (χ1v) is 6.59. The van der Waals surface area contributed by atoms with E-state index in [4.69, 9.17) is 4.74 Å². The average Bonchev–Trinajstić information content (AvgIpc) is 2.68. The first-order chi connectivity index (χ1) is 8.66. The van der Waals surface area contributed by atoms with E-state index in [-0.39, 0.29) is 6.42 Å². The molecule has 0 amide bonds. The second-order valence-electron chi connectivity index (χ2n) is 4.74. The van der Waals surface area contributed by atoms with Crippen LogP contribution in [-0.2, 0) is 4.74 Å². The Labute approximate surface area is 112 Å². The Morgan fingerprint density at radius 3 is 2.63 bits per heavy atom. The van der Waals surface area contributed by atoms with Crippen molar-refractivity contribution in [1.29, 1.82) is 0 Å². The summed E-state index contributed by atoms with van der Waals surface area (Å²) in [6, 6.07) is -0.400. The molecule has 0 aromatic carbocycles. The predicted molar refractivity (Wildman–Crippen MR) is 63.8 cm³/mol. The number of rotatable bonds is 1. The lowest BCUT2D eigenvalue weighted by atomic mass is 9.88. The van der Waals surface area contributed by atoms with Gasteiger partial charge < -0.3 is 20.3 Å². The minimum absolute atomic E-state index is 0.0275. The molecule has 9 heteroatoms. The SMILES string of the molecule is CNC1=N[C@@H]2C[C@H](O)[C@@H]([C@@](C)(O)C(F)(F)F)O[C@@H]2S1. The lowest BCUT2D eigenvalue weighted by Crippen LogP contribution is -2.61. The standard InChI is InChI=1S/C10H15F3N2O3S/c1-9(17,10(11,12)13)6-5(16)3-4-7(18-6)19-8(14-2)15-4/h4-7,16-17H,3H2,1-2H3,(H,14,15)/t4-,5+,6+,7-,9-/m1/s1. The molecule has 0 unspecified atom stereocenters. The number of amidine groups is 1. The largest absolute Gasteiger partial charge is 0.419 e. The van der Waals surface area contributed by atoms with Crippen molar-refractivity contribution in [3.05, 3.63) is 0 Å². The molecule has 0 aromatic rings. The van der Waals surface area contributed by atoms with Crippen LogP contribution in [0.5, 0.6) is 0 Å². The molecule has 0 radical (unpaired) electrons. The van der Waals surface area contributed by atoms with Crippen molar-refractivity contribution < 1.29 is 28.1 Å². The lowest BCUT2D eigenvalue weighted by Gasteiger charge is -2.42. The van der Waals surface area contributed by atoms with Gasteiger partial charge in [-0.15, -0.1) is 0 Å². The van der Waals surface area contributed by atoms with Crippen LogP contribution in [0, 0.1) is 0 Å². The van der Waals surface area contributed by atoms with Crippen LogP contribution in [0.3, 0.4) is 0 Å². The van der Waals surface area contributed by atoms with E-state index in [1.807, 2.05) is 0 Å². The molecule has 0 spiro atoms. The van der Waals surface area contributed by atoms with E-state index in [1.54, 1.807) is 7.05 Å². The first-order valence-electron chi connectivity index (χ1n) is 5.71.